The van der Waals surface area contributed by atoms with E-state index in [0.29, 0.717) is 24.7 Å². The van der Waals surface area contributed by atoms with Gasteiger partial charge in [-0.1, -0.05) is 30.3 Å². The van der Waals surface area contributed by atoms with Gasteiger partial charge in [-0.25, -0.2) is 0 Å². The maximum Gasteiger partial charge on any atom is 0.258 e. The van der Waals surface area contributed by atoms with Crippen LogP contribution in [-0.4, -0.2) is 51.8 Å². The van der Waals surface area contributed by atoms with Crippen LogP contribution in [0.4, 0.5) is 0 Å². The quantitative estimate of drug-likeness (QED) is 0.695. The molecule has 1 amide bonds. The summed E-state index contributed by atoms with van der Waals surface area (Å²) in [6.45, 7) is 2.82. The summed E-state index contributed by atoms with van der Waals surface area (Å²) < 4.78 is 16.6. The molecule has 0 saturated heterocycles. The fourth-order valence-electron chi connectivity index (χ4n) is 2.76. The second-order valence-electron chi connectivity index (χ2n) is 6.19. The standard InChI is InChI=1S/C21H28N2O4/c1-5-26-19-12-8-9-13-20(19)27-15-21(24)22-14-17(23(2)3)16-10-6-7-11-18(16)25-4/h6-13,17H,5,14-15H2,1-4H3,(H,22,24). The molecule has 0 aliphatic rings. The summed E-state index contributed by atoms with van der Waals surface area (Å²) in [5, 5.41) is 2.93. The van der Waals surface area contributed by atoms with Crippen molar-refractivity contribution in [3.05, 3.63) is 54.1 Å². The van der Waals surface area contributed by atoms with Crippen molar-refractivity contribution in [2.24, 2.45) is 0 Å². The number of carbonyl (C=O) groups excluding carboxylic acids is 1. The molecule has 0 radical (unpaired) electrons. The maximum atomic E-state index is 12.3. The Morgan fingerprint density at radius 2 is 1.59 bits per heavy atom. The molecule has 1 atom stereocenters. The Balaban J connectivity index is 1.95. The van der Waals surface area contributed by atoms with Crippen molar-refractivity contribution in [3.8, 4) is 17.2 Å². The molecule has 0 saturated carbocycles. The van der Waals surface area contributed by atoms with Gasteiger partial charge in [0.1, 0.15) is 5.75 Å². The lowest BCUT2D eigenvalue weighted by atomic mass is 10.0. The number of rotatable bonds is 10. The lowest BCUT2D eigenvalue weighted by Crippen LogP contribution is -2.37. The normalized spacial score (nSPS) is 11.7. The van der Waals surface area contributed by atoms with E-state index in [-0.39, 0.29) is 18.6 Å². The number of para-hydroxylation sites is 3. The first-order valence-electron chi connectivity index (χ1n) is 8.97. The monoisotopic (exact) mass is 372 g/mol. The highest BCUT2D eigenvalue weighted by molar-refractivity contribution is 5.77. The van der Waals surface area contributed by atoms with Crippen molar-refractivity contribution in [1.82, 2.24) is 10.2 Å². The van der Waals surface area contributed by atoms with Crippen LogP contribution in [0, 0.1) is 0 Å². The van der Waals surface area contributed by atoms with E-state index in [4.69, 9.17) is 14.2 Å². The molecule has 6 nitrogen and oxygen atoms in total. The van der Waals surface area contributed by atoms with Gasteiger partial charge in [0.15, 0.2) is 18.1 Å². The Kier molecular flexibility index (Phi) is 7.95. The highest BCUT2D eigenvalue weighted by Crippen LogP contribution is 2.28. The van der Waals surface area contributed by atoms with E-state index in [2.05, 4.69) is 5.32 Å². The molecule has 0 aliphatic heterocycles. The van der Waals surface area contributed by atoms with Gasteiger partial charge < -0.3 is 24.4 Å². The molecule has 6 heteroatoms. The van der Waals surface area contributed by atoms with Gasteiger partial charge >= 0.3 is 0 Å². The minimum atomic E-state index is -0.192. The van der Waals surface area contributed by atoms with E-state index in [0.717, 1.165) is 11.3 Å². The van der Waals surface area contributed by atoms with Gasteiger partial charge in [-0.05, 0) is 39.2 Å². The fraction of sp³-hybridized carbons (Fsp3) is 0.381. The summed E-state index contributed by atoms with van der Waals surface area (Å²) in [5.74, 6) is 1.80. The first-order chi connectivity index (χ1) is 13.1. The van der Waals surface area contributed by atoms with Crippen LogP contribution in [0.3, 0.4) is 0 Å². The summed E-state index contributed by atoms with van der Waals surface area (Å²) in [7, 11) is 5.59. The van der Waals surface area contributed by atoms with Crippen LogP contribution >= 0.6 is 0 Å². The smallest absolute Gasteiger partial charge is 0.258 e. The SMILES string of the molecule is CCOc1ccccc1OCC(=O)NCC(c1ccccc1OC)N(C)C. The largest absolute Gasteiger partial charge is 0.496 e. The second kappa shape index (κ2) is 10.4. The minimum absolute atomic E-state index is 0.0131. The summed E-state index contributed by atoms with van der Waals surface area (Å²) in [6.07, 6.45) is 0. The Morgan fingerprint density at radius 1 is 1.00 bits per heavy atom. The van der Waals surface area contributed by atoms with Gasteiger partial charge in [0.25, 0.3) is 5.91 Å². The van der Waals surface area contributed by atoms with Crippen LogP contribution in [0.1, 0.15) is 18.5 Å². The molecule has 0 aromatic heterocycles. The molecule has 146 valence electrons. The Bertz CT molecular complexity index is 734. The highest BCUT2D eigenvalue weighted by atomic mass is 16.5. The van der Waals surface area contributed by atoms with E-state index in [1.807, 2.05) is 68.4 Å². The van der Waals surface area contributed by atoms with Crippen molar-refractivity contribution < 1.29 is 19.0 Å². The Hall–Kier alpha value is -2.73. The average molecular weight is 372 g/mol. The summed E-state index contributed by atoms with van der Waals surface area (Å²) >= 11 is 0. The molecule has 0 spiro atoms. The van der Waals surface area contributed by atoms with Crippen LogP contribution in [-0.2, 0) is 4.79 Å². The third-order valence-corrected chi connectivity index (χ3v) is 4.12. The van der Waals surface area contributed by atoms with Crippen LogP contribution in [0.5, 0.6) is 17.2 Å². The maximum absolute atomic E-state index is 12.3. The van der Waals surface area contributed by atoms with Gasteiger partial charge in [0.05, 0.1) is 19.8 Å². The lowest BCUT2D eigenvalue weighted by Gasteiger charge is -2.26. The molecule has 1 N–H and O–H groups in total. The average Bonchev–Trinajstić information content (AvgIpc) is 2.67. The Morgan fingerprint density at radius 3 is 2.19 bits per heavy atom. The summed E-state index contributed by atoms with van der Waals surface area (Å²) in [5.41, 5.74) is 1.02. The van der Waals surface area contributed by atoms with Crippen molar-refractivity contribution in [1.29, 1.82) is 0 Å². The third-order valence-electron chi connectivity index (χ3n) is 4.12. The van der Waals surface area contributed by atoms with Crippen LogP contribution in [0.2, 0.25) is 0 Å². The predicted octanol–water partition coefficient (Wildman–Crippen LogP) is 2.89. The zero-order valence-electron chi connectivity index (χ0n) is 16.4. The number of nitrogens with one attached hydrogen (secondary N) is 1. The van der Waals surface area contributed by atoms with E-state index < -0.39 is 0 Å². The van der Waals surface area contributed by atoms with Crippen molar-refractivity contribution >= 4 is 5.91 Å². The number of likely N-dealkylation sites (N-methyl/N-ethyl adjacent to an activating group) is 1. The van der Waals surface area contributed by atoms with E-state index in [1.165, 1.54) is 0 Å². The fourth-order valence-corrected chi connectivity index (χ4v) is 2.76. The van der Waals surface area contributed by atoms with Gasteiger partial charge in [-0.3, -0.25) is 4.79 Å². The predicted molar refractivity (Wildman–Crippen MR) is 106 cm³/mol. The van der Waals surface area contributed by atoms with Gasteiger partial charge in [-0.2, -0.15) is 0 Å². The second-order valence-corrected chi connectivity index (χ2v) is 6.19. The molecule has 27 heavy (non-hydrogen) atoms. The molecular formula is C21H28N2O4. The Labute approximate surface area is 161 Å². The number of hydrogen-bond donors (Lipinski definition) is 1. The number of hydrogen-bond acceptors (Lipinski definition) is 5. The van der Waals surface area contributed by atoms with E-state index in [9.17, 15) is 4.79 Å². The molecule has 2 aromatic rings. The zero-order valence-corrected chi connectivity index (χ0v) is 16.4. The number of carbonyl (C=O) groups is 1. The third kappa shape index (κ3) is 5.89. The molecule has 0 bridgehead atoms. The summed E-state index contributed by atoms with van der Waals surface area (Å²) in [6, 6.07) is 15.1. The van der Waals surface area contributed by atoms with Crippen LogP contribution in [0.15, 0.2) is 48.5 Å². The zero-order chi connectivity index (χ0) is 19.6. The molecule has 0 aliphatic carbocycles. The van der Waals surface area contributed by atoms with Crippen LogP contribution in [0.25, 0.3) is 0 Å². The van der Waals surface area contributed by atoms with Gasteiger partial charge in [0, 0.05) is 12.1 Å². The van der Waals surface area contributed by atoms with Crippen molar-refractivity contribution in [2.45, 2.75) is 13.0 Å². The van der Waals surface area contributed by atoms with E-state index in [1.54, 1.807) is 13.2 Å². The molecule has 1 unspecified atom stereocenters. The minimum Gasteiger partial charge on any atom is -0.496 e. The van der Waals surface area contributed by atoms with Crippen LogP contribution < -0.4 is 19.5 Å². The number of methoxy groups -OCH3 is 1. The van der Waals surface area contributed by atoms with Crippen molar-refractivity contribution in [2.75, 3.05) is 41.0 Å². The number of nitrogens with zero attached hydrogens (tertiary/aromatic N) is 1. The highest BCUT2D eigenvalue weighted by Gasteiger charge is 2.19. The number of amides is 1. The lowest BCUT2D eigenvalue weighted by molar-refractivity contribution is -0.123. The first kappa shape index (κ1) is 20.6. The first-order valence-corrected chi connectivity index (χ1v) is 8.97. The van der Waals surface area contributed by atoms with Crippen molar-refractivity contribution in [3.63, 3.8) is 0 Å². The topological polar surface area (TPSA) is 60.0 Å². The van der Waals surface area contributed by atoms with Gasteiger partial charge in [0.2, 0.25) is 0 Å². The number of benzene rings is 2. The van der Waals surface area contributed by atoms with E-state index >= 15 is 0 Å². The summed E-state index contributed by atoms with van der Waals surface area (Å²) in [4.78, 5) is 14.3. The van der Waals surface area contributed by atoms with Gasteiger partial charge in [-0.15, -0.1) is 0 Å². The molecule has 0 heterocycles. The molecule has 2 rings (SSSR count). The number of ether oxygens (including phenoxy) is 3. The molecular weight excluding hydrogens is 344 g/mol. The molecule has 0 fully saturated rings. The molecule has 2 aromatic carbocycles.